The number of oxazole rings is 1. The lowest BCUT2D eigenvalue weighted by Crippen LogP contribution is -2.22. The van der Waals surface area contributed by atoms with Crippen LogP contribution < -0.4 is 0 Å². The molecule has 2 heterocycles. The van der Waals surface area contributed by atoms with Gasteiger partial charge in [0.05, 0.1) is 12.0 Å². The molecule has 0 N–H and O–H groups in total. The molecular weight excluding hydrogens is 170 g/mol. The normalized spacial score (nSPS) is 27.8. The monoisotopic (exact) mass is 181 g/mol. The predicted molar refractivity (Wildman–Crippen MR) is 44.7 cm³/mol. The van der Waals surface area contributed by atoms with Gasteiger partial charge in [-0.25, -0.2) is 4.98 Å². The number of carbonyl (C=O) groups is 1. The molecule has 1 fully saturated rings. The molecule has 1 saturated heterocycles. The molecule has 1 unspecified atom stereocenters. The molecule has 1 atom stereocenters. The average molecular weight is 181 g/mol. The topological polar surface area (TPSA) is 52.3 Å². The summed E-state index contributed by atoms with van der Waals surface area (Å²) in [6.07, 6.45) is 2.96. The van der Waals surface area contributed by atoms with Crippen molar-refractivity contribution >= 4 is 6.29 Å². The third kappa shape index (κ3) is 1.37. The van der Waals surface area contributed by atoms with Gasteiger partial charge in [-0.15, -0.1) is 0 Å². The maximum absolute atomic E-state index is 10.4. The lowest BCUT2D eigenvalue weighted by molar-refractivity contribution is 0.111. The van der Waals surface area contributed by atoms with Crippen LogP contribution >= 0.6 is 0 Å². The van der Waals surface area contributed by atoms with Crippen LogP contribution in [0.25, 0.3) is 0 Å². The standard InChI is InChI=1S/C9H11NO3/c1-9(2-3-12-6-9)8-10-7(4-11)5-13-8/h4-5H,2-3,6H2,1H3. The molecule has 1 aliphatic heterocycles. The van der Waals surface area contributed by atoms with Crippen molar-refractivity contribution < 1.29 is 13.9 Å². The number of nitrogens with zero attached hydrogens (tertiary/aromatic N) is 1. The molecule has 1 aliphatic rings. The van der Waals surface area contributed by atoms with Gasteiger partial charge in [0.1, 0.15) is 12.0 Å². The summed E-state index contributed by atoms with van der Waals surface area (Å²) < 4.78 is 10.5. The minimum Gasteiger partial charge on any atom is -0.448 e. The first kappa shape index (κ1) is 8.44. The average Bonchev–Trinajstić information content (AvgIpc) is 2.72. The third-order valence-electron chi connectivity index (χ3n) is 2.38. The molecule has 0 radical (unpaired) electrons. The largest absolute Gasteiger partial charge is 0.448 e. The number of rotatable bonds is 2. The van der Waals surface area contributed by atoms with E-state index in [9.17, 15) is 4.79 Å². The predicted octanol–water partition coefficient (Wildman–Crippen LogP) is 1.17. The highest BCUT2D eigenvalue weighted by molar-refractivity contribution is 5.70. The highest BCUT2D eigenvalue weighted by Crippen LogP contribution is 2.31. The highest BCUT2D eigenvalue weighted by Gasteiger charge is 2.36. The zero-order valence-corrected chi connectivity index (χ0v) is 7.45. The first-order valence-corrected chi connectivity index (χ1v) is 4.23. The number of aldehydes is 1. The molecule has 0 aliphatic carbocycles. The third-order valence-corrected chi connectivity index (χ3v) is 2.38. The summed E-state index contributed by atoms with van der Waals surface area (Å²) in [5.74, 6) is 0.604. The van der Waals surface area contributed by atoms with Crippen LogP contribution in [-0.2, 0) is 10.2 Å². The van der Waals surface area contributed by atoms with Gasteiger partial charge in [0.25, 0.3) is 0 Å². The number of hydrogen-bond donors (Lipinski definition) is 0. The van der Waals surface area contributed by atoms with E-state index in [0.29, 0.717) is 24.5 Å². The number of aromatic nitrogens is 1. The van der Waals surface area contributed by atoms with E-state index in [0.717, 1.165) is 13.0 Å². The van der Waals surface area contributed by atoms with Gasteiger partial charge < -0.3 is 9.15 Å². The summed E-state index contributed by atoms with van der Waals surface area (Å²) in [6.45, 7) is 3.38. The first-order valence-electron chi connectivity index (χ1n) is 4.23. The van der Waals surface area contributed by atoms with E-state index in [1.165, 1.54) is 6.26 Å². The van der Waals surface area contributed by atoms with Crippen molar-refractivity contribution in [3.8, 4) is 0 Å². The second-order valence-corrected chi connectivity index (χ2v) is 3.56. The van der Waals surface area contributed by atoms with E-state index in [1.54, 1.807) is 0 Å². The lowest BCUT2D eigenvalue weighted by Gasteiger charge is -2.15. The Kier molecular flexibility index (Phi) is 1.92. The fourth-order valence-corrected chi connectivity index (χ4v) is 1.45. The van der Waals surface area contributed by atoms with Crippen molar-refractivity contribution in [1.82, 2.24) is 4.98 Å². The molecule has 0 spiro atoms. The molecule has 0 saturated carbocycles. The minimum atomic E-state index is -0.152. The van der Waals surface area contributed by atoms with Crippen molar-refractivity contribution in [2.75, 3.05) is 13.2 Å². The number of ether oxygens (including phenoxy) is 1. The highest BCUT2D eigenvalue weighted by atomic mass is 16.5. The molecule has 4 nitrogen and oxygen atoms in total. The Morgan fingerprint density at radius 1 is 1.69 bits per heavy atom. The van der Waals surface area contributed by atoms with Crippen LogP contribution in [0.5, 0.6) is 0 Å². The van der Waals surface area contributed by atoms with Crippen LogP contribution in [0.15, 0.2) is 10.7 Å². The van der Waals surface area contributed by atoms with Crippen LogP contribution in [0.4, 0.5) is 0 Å². The van der Waals surface area contributed by atoms with Crippen molar-refractivity contribution in [3.63, 3.8) is 0 Å². The molecule has 1 aromatic heterocycles. The molecular formula is C9H11NO3. The lowest BCUT2D eigenvalue weighted by atomic mass is 9.90. The number of hydrogen-bond acceptors (Lipinski definition) is 4. The van der Waals surface area contributed by atoms with Crippen LogP contribution in [-0.4, -0.2) is 24.5 Å². The SMILES string of the molecule is CC1(c2nc(C=O)co2)CCOC1. The van der Waals surface area contributed by atoms with Gasteiger partial charge >= 0.3 is 0 Å². The fourth-order valence-electron chi connectivity index (χ4n) is 1.45. The van der Waals surface area contributed by atoms with Gasteiger partial charge in [0, 0.05) is 6.61 Å². The second kappa shape index (κ2) is 2.96. The molecule has 4 heteroatoms. The molecule has 13 heavy (non-hydrogen) atoms. The first-order chi connectivity index (χ1) is 6.24. The summed E-state index contributed by atoms with van der Waals surface area (Å²) in [5, 5.41) is 0. The fraction of sp³-hybridized carbons (Fsp3) is 0.556. The maximum atomic E-state index is 10.4. The quantitative estimate of drug-likeness (QED) is 0.642. The summed E-state index contributed by atoms with van der Waals surface area (Å²) in [6, 6.07) is 0. The number of carbonyl (C=O) groups excluding carboxylic acids is 1. The Hall–Kier alpha value is -1.16. The second-order valence-electron chi connectivity index (χ2n) is 3.56. The van der Waals surface area contributed by atoms with Gasteiger partial charge in [0.2, 0.25) is 5.89 Å². The summed E-state index contributed by atoms with van der Waals surface area (Å²) in [5.41, 5.74) is 0.199. The van der Waals surface area contributed by atoms with Gasteiger partial charge in [-0.3, -0.25) is 4.79 Å². The van der Waals surface area contributed by atoms with Crippen molar-refractivity contribution in [3.05, 3.63) is 17.8 Å². The molecule has 0 aromatic carbocycles. The van der Waals surface area contributed by atoms with E-state index in [1.807, 2.05) is 6.92 Å². The zero-order valence-electron chi connectivity index (χ0n) is 7.45. The Morgan fingerprint density at radius 2 is 2.54 bits per heavy atom. The van der Waals surface area contributed by atoms with Gasteiger partial charge in [-0.2, -0.15) is 0 Å². The van der Waals surface area contributed by atoms with Crippen molar-refractivity contribution in [2.24, 2.45) is 0 Å². The Bertz CT molecular complexity index is 312. The van der Waals surface area contributed by atoms with Crippen molar-refractivity contribution in [2.45, 2.75) is 18.8 Å². The van der Waals surface area contributed by atoms with Crippen molar-refractivity contribution in [1.29, 1.82) is 0 Å². The van der Waals surface area contributed by atoms with E-state index >= 15 is 0 Å². The Morgan fingerprint density at radius 3 is 3.08 bits per heavy atom. The van der Waals surface area contributed by atoms with Crippen LogP contribution in [0.1, 0.15) is 29.7 Å². The van der Waals surface area contributed by atoms with Gasteiger partial charge in [0.15, 0.2) is 6.29 Å². The maximum Gasteiger partial charge on any atom is 0.203 e. The van der Waals surface area contributed by atoms with E-state index in [4.69, 9.17) is 9.15 Å². The van der Waals surface area contributed by atoms with Gasteiger partial charge in [-0.05, 0) is 13.3 Å². The Balaban J connectivity index is 2.28. The molecule has 2 rings (SSSR count). The Labute approximate surface area is 75.9 Å². The molecule has 1 aromatic rings. The summed E-state index contributed by atoms with van der Waals surface area (Å²) in [7, 11) is 0. The van der Waals surface area contributed by atoms with Crippen LogP contribution in [0.2, 0.25) is 0 Å². The minimum absolute atomic E-state index is 0.152. The summed E-state index contributed by atoms with van der Waals surface area (Å²) in [4.78, 5) is 14.5. The van der Waals surface area contributed by atoms with E-state index in [-0.39, 0.29) is 5.41 Å². The molecule has 0 amide bonds. The summed E-state index contributed by atoms with van der Waals surface area (Å²) >= 11 is 0. The van der Waals surface area contributed by atoms with E-state index in [2.05, 4.69) is 4.98 Å². The zero-order chi connectivity index (χ0) is 9.31. The van der Waals surface area contributed by atoms with Crippen LogP contribution in [0, 0.1) is 0 Å². The van der Waals surface area contributed by atoms with Crippen LogP contribution in [0.3, 0.4) is 0 Å². The molecule has 0 bridgehead atoms. The van der Waals surface area contributed by atoms with Gasteiger partial charge in [-0.1, -0.05) is 0 Å². The van der Waals surface area contributed by atoms with E-state index < -0.39 is 0 Å². The molecule has 70 valence electrons. The smallest absolute Gasteiger partial charge is 0.203 e.